The van der Waals surface area contributed by atoms with Gasteiger partial charge < -0.3 is 24.4 Å². The fourth-order valence-electron chi connectivity index (χ4n) is 4.34. The molecule has 0 spiro atoms. The number of nitrogens with zero attached hydrogens (tertiary/aromatic N) is 1. The third-order valence-corrected chi connectivity index (χ3v) is 6.35. The molecule has 34 heavy (non-hydrogen) atoms. The molecule has 2 atom stereocenters. The highest BCUT2D eigenvalue weighted by Gasteiger charge is 2.42. The molecule has 0 fully saturated rings. The first-order valence-corrected chi connectivity index (χ1v) is 11.0. The predicted octanol–water partition coefficient (Wildman–Crippen LogP) is 4.92. The van der Waals surface area contributed by atoms with Crippen LogP contribution in [0.2, 0.25) is 5.02 Å². The van der Waals surface area contributed by atoms with Crippen molar-refractivity contribution >= 4 is 29.1 Å². The average molecular weight is 481 g/mol. The zero-order valence-electron chi connectivity index (χ0n) is 19.3. The first-order valence-electron chi connectivity index (χ1n) is 10.6. The molecular formula is C26H25ClN2O5. The Morgan fingerprint density at radius 3 is 2.26 bits per heavy atom. The van der Waals surface area contributed by atoms with Crippen LogP contribution in [0.25, 0.3) is 0 Å². The summed E-state index contributed by atoms with van der Waals surface area (Å²) >= 11 is 6.31. The molecule has 1 aliphatic rings. The SMILES string of the molecule is COc1ccc([C@H]2[C@@H](C(=O)Nc3cc(Cl)c(OC)cc3OC)c3ccccc3C(=O)N2C)cc1. The van der Waals surface area contributed by atoms with Gasteiger partial charge in [-0.25, -0.2) is 0 Å². The molecule has 8 heteroatoms. The number of halogens is 1. The van der Waals surface area contributed by atoms with E-state index in [1.54, 1.807) is 43.3 Å². The van der Waals surface area contributed by atoms with E-state index in [-0.39, 0.29) is 11.8 Å². The molecule has 7 nitrogen and oxygen atoms in total. The summed E-state index contributed by atoms with van der Waals surface area (Å²) in [6.45, 7) is 0. The fraction of sp³-hybridized carbons (Fsp3) is 0.231. The van der Waals surface area contributed by atoms with Gasteiger partial charge in [-0.05, 0) is 35.4 Å². The van der Waals surface area contributed by atoms with E-state index in [0.717, 1.165) is 5.56 Å². The number of carbonyl (C=O) groups is 2. The van der Waals surface area contributed by atoms with Gasteiger partial charge in [-0.3, -0.25) is 9.59 Å². The standard InChI is InChI=1S/C26H25ClN2O5/c1-29-24(15-9-11-16(32-2)12-10-15)23(17-7-5-6-8-18(17)26(29)31)25(30)28-20-13-19(27)21(33-3)14-22(20)34-4/h5-14,23-24H,1-4H3,(H,28,30)/t23-,24-/m0/s1. The van der Waals surface area contributed by atoms with E-state index in [0.29, 0.717) is 39.1 Å². The zero-order chi connectivity index (χ0) is 24.4. The van der Waals surface area contributed by atoms with Gasteiger partial charge in [0.15, 0.2) is 0 Å². The molecule has 0 radical (unpaired) electrons. The Labute approximate surface area is 203 Å². The van der Waals surface area contributed by atoms with Crippen LogP contribution in [-0.4, -0.2) is 45.1 Å². The number of amides is 2. The van der Waals surface area contributed by atoms with Gasteiger partial charge >= 0.3 is 0 Å². The molecule has 1 heterocycles. The molecule has 0 unspecified atom stereocenters. The number of rotatable bonds is 6. The highest BCUT2D eigenvalue weighted by atomic mass is 35.5. The van der Waals surface area contributed by atoms with Gasteiger partial charge in [-0.15, -0.1) is 0 Å². The van der Waals surface area contributed by atoms with Gasteiger partial charge in [0.25, 0.3) is 5.91 Å². The number of carbonyl (C=O) groups excluding carboxylic acids is 2. The number of hydrogen-bond donors (Lipinski definition) is 1. The molecule has 176 valence electrons. The minimum atomic E-state index is -0.683. The summed E-state index contributed by atoms with van der Waals surface area (Å²) < 4.78 is 16.0. The largest absolute Gasteiger partial charge is 0.497 e. The van der Waals surface area contributed by atoms with Gasteiger partial charge in [0.05, 0.1) is 44.0 Å². The third-order valence-electron chi connectivity index (χ3n) is 6.05. The Bertz CT molecular complexity index is 1230. The molecule has 1 N–H and O–H groups in total. The average Bonchev–Trinajstić information content (AvgIpc) is 2.86. The Morgan fingerprint density at radius 1 is 0.941 bits per heavy atom. The molecule has 1 aliphatic heterocycles. The van der Waals surface area contributed by atoms with Crippen molar-refractivity contribution in [3.63, 3.8) is 0 Å². The normalized spacial score (nSPS) is 17.1. The van der Waals surface area contributed by atoms with E-state index in [1.807, 2.05) is 36.4 Å². The van der Waals surface area contributed by atoms with E-state index in [2.05, 4.69) is 5.32 Å². The van der Waals surface area contributed by atoms with Crippen LogP contribution in [0.15, 0.2) is 60.7 Å². The lowest BCUT2D eigenvalue weighted by molar-refractivity contribution is -0.119. The van der Waals surface area contributed by atoms with Crippen molar-refractivity contribution in [3.05, 3.63) is 82.4 Å². The summed E-state index contributed by atoms with van der Waals surface area (Å²) in [6.07, 6.45) is 0. The van der Waals surface area contributed by atoms with Gasteiger partial charge in [-0.2, -0.15) is 0 Å². The Morgan fingerprint density at radius 2 is 1.62 bits per heavy atom. The number of methoxy groups -OCH3 is 3. The van der Waals surface area contributed by atoms with E-state index >= 15 is 0 Å². The van der Waals surface area contributed by atoms with Crippen molar-refractivity contribution in [2.45, 2.75) is 12.0 Å². The van der Waals surface area contributed by atoms with Crippen LogP contribution in [0, 0.1) is 0 Å². The number of likely N-dealkylation sites (N-methyl/N-ethyl adjacent to an activating group) is 1. The maximum Gasteiger partial charge on any atom is 0.254 e. The minimum Gasteiger partial charge on any atom is -0.497 e. The molecule has 0 bridgehead atoms. The number of hydrogen-bond acceptors (Lipinski definition) is 5. The van der Waals surface area contributed by atoms with E-state index in [1.165, 1.54) is 14.2 Å². The van der Waals surface area contributed by atoms with Crippen LogP contribution < -0.4 is 19.5 Å². The summed E-state index contributed by atoms with van der Waals surface area (Å²) in [6, 6.07) is 17.2. The molecule has 0 saturated heterocycles. The van der Waals surface area contributed by atoms with Crippen LogP contribution in [0.1, 0.15) is 33.4 Å². The Kier molecular flexibility index (Phi) is 6.65. The van der Waals surface area contributed by atoms with Crippen molar-refractivity contribution in [1.82, 2.24) is 4.90 Å². The minimum absolute atomic E-state index is 0.148. The maximum absolute atomic E-state index is 13.8. The fourth-order valence-corrected chi connectivity index (χ4v) is 4.58. The lowest BCUT2D eigenvalue weighted by atomic mass is 9.79. The molecular weight excluding hydrogens is 456 g/mol. The van der Waals surface area contributed by atoms with Crippen molar-refractivity contribution in [2.75, 3.05) is 33.7 Å². The molecule has 3 aromatic carbocycles. The quantitative estimate of drug-likeness (QED) is 0.542. The summed E-state index contributed by atoms with van der Waals surface area (Å²) in [5.41, 5.74) is 2.37. The van der Waals surface area contributed by atoms with Gasteiger partial charge in [0, 0.05) is 18.7 Å². The molecule has 2 amide bonds. The highest BCUT2D eigenvalue weighted by molar-refractivity contribution is 6.32. The maximum atomic E-state index is 13.8. The van der Waals surface area contributed by atoms with Crippen LogP contribution >= 0.6 is 11.6 Å². The summed E-state index contributed by atoms with van der Waals surface area (Å²) in [7, 11) is 6.30. The Hall–Kier alpha value is -3.71. The molecule has 0 aliphatic carbocycles. The van der Waals surface area contributed by atoms with Crippen LogP contribution in [0.3, 0.4) is 0 Å². The Balaban J connectivity index is 1.80. The van der Waals surface area contributed by atoms with Gasteiger partial charge in [0.2, 0.25) is 5.91 Å². The van der Waals surface area contributed by atoms with Crippen molar-refractivity contribution < 1.29 is 23.8 Å². The monoisotopic (exact) mass is 480 g/mol. The van der Waals surface area contributed by atoms with E-state index in [9.17, 15) is 9.59 Å². The predicted molar refractivity (Wildman–Crippen MR) is 130 cm³/mol. The molecule has 3 aromatic rings. The zero-order valence-corrected chi connectivity index (χ0v) is 20.1. The second-order valence-electron chi connectivity index (χ2n) is 7.88. The van der Waals surface area contributed by atoms with Crippen LogP contribution in [0.4, 0.5) is 5.69 Å². The molecule has 4 rings (SSSR count). The first kappa shape index (κ1) is 23.4. The molecule has 0 saturated carbocycles. The van der Waals surface area contributed by atoms with Gasteiger partial charge in [0.1, 0.15) is 17.2 Å². The summed E-state index contributed by atoms with van der Waals surface area (Å²) in [4.78, 5) is 28.6. The lowest BCUT2D eigenvalue weighted by Crippen LogP contribution is -2.44. The number of ether oxygens (including phenoxy) is 3. The summed E-state index contributed by atoms with van der Waals surface area (Å²) in [5.74, 6) is 0.396. The topological polar surface area (TPSA) is 77.1 Å². The van der Waals surface area contributed by atoms with Crippen molar-refractivity contribution in [1.29, 1.82) is 0 Å². The second kappa shape index (κ2) is 9.65. The first-order chi connectivity index (χ1) is 16.4. The van der Waals surface area contributed by atoms with Crippen molar-refractivity contribution in [3.8, 4) is 17.2 Å². The smallest absolute Gasteiger partial charge is 0.254 e. The number of fused-ring (bicyclic) bond motifs is 1. The van der Waals surface area contributed by atoms with E-state index < -0.39 is 12.0 Å². The van der Waals surface area contributed by atoms with E-state index in [4.69, 9.17) is 25.8 Å². The number of anilines is 1. The second-order valence-corrected chi connectivity index (χ2v) is 8.28. The van der Waals surface area contributed by atoms with Crippen LogP contribution in [0.5, 0.6) is 17.2 Å². The molecule has 0 aromatic heterocycles. The van der Waals surface area contributed by atoms with Crippen molar-refractivity contribution in [2.24, 2.45) is 0 Å². The highest BCUT2D eigenvalue weighted by Crippen LogP contribution is 2.44. The van der Waals surface area contributed by atoms with Crippen LogP contribution in [-0.2, 0) is 4.79 Å². The van der Waals surface area contributed by atoms with Gasteiger partial charge in [-0.1, -0.05) is 41.9 Å². The number of nitrogens with one attached hydrogen (secondary N) is 1. The third kappa shape index (κ3) is 4.15. The number of benzene rings is 3. The summed E-state index contributed by atoms with van der Waals surface area (Å²) in [5, 5.41) is 3.29. The lowest BCUT2D eigenvalue weighted by Gasteiger charge is -2.39.